The van der Waals surface area contributed by atoms with Crippen LogP contribution in [0.4, 0.5) is 5.69 Å². The van der Waals surface area contributed by atoms with Crippen LogP contribution in [0.15, 0.2) is 36.4 Å². The molecule has 5 nitrogen and oxygen atoms in total. The van der Waals surface area contributed by atoms with E-state index in [1.54, 1.807) is 12.1 Å². The summed E-state index contributed by atoms with van der Waals surface area (Å²) in [5, 5.41) is 9.03. The van der Waals surface area contributed by atoms with Crippen LogP contribution < -0.4 is 4.90 Å². The number of imide groups is 1. The molecule has 3 unspecified atom stereocenters. The maximum Gasteiger partial charge on any atom is 0.335 e. The highest BCUT2D eigenvalue weighted by atomic mass is 16.4. The molecule has 5 heteroatoms. The van der Waals surface area contributed by atoms with Gasteiger partial charge in [0.05, 0.1) is 23.1 Å². The minimum Gasteiger partial charge on any atom is -0.478 e. The Hall–Kier alpha value is -2.43. The van der Waals surface area contributed by atoms with Gasteiger partial charge in [0.25, 0.3) is 0 Å². The monoisotopic (exact) mass is 285 g/mol. The molecule has 21 heavy (non-hydrogen) atoms. The van der Waals surface area contributed by atoms with Crippen molar-refractivity contribution >= 4 is 23.5 Å². The highest BCUT2D eigenvalue weighted by Gasteiger charge is 2.50. The molecule has 1 aromatic rings. The van der Waals surface area contributed by atoms with E-state index in [1.807, 2.05) is 19.1 Å². The Morgan fingerprint density at radius 2 is 2.05 bits per heavy atom. The van der Waals surface area contributed by atoms with E-state index in [4.69, 9.17) is 5.11 Å². The van der Waals surface area contributed by atoms with Crippen molar-refractivity contribution in [3.63, 3.8) is 0 Å². The van der Waals surface area contributed by atoms with Crippen molar-refractivity contribution in [2.75, 3.05) is 4.90 Å². The zero-order valence-electron chi connectivity index (χ0n) is 11.5. The lowest BCUT2D eigenvalue weighted by molar-refractivity contribution is -0.122. The summed E-state index contributed by atoms with van der Waals surface area (Å²) >= 11 is 0. The Labute approximate surface area is 121 Å². The van der Waals surface area contributed by atoms with E-state index in [0.29, 0.717) is 12.1 Å². The number of fused-ring (bicyclic) bond motifs is 1. The summed E-state index contributed by atoms with van der Waals surface area (Å²) in [6, 6.07) is 5.95. The number of anilines is 1. The summed E-state index contributed by atoms with van der Waals surface area (Å²) < 4.78 is 0. The molecule has 3 rings (SSSR count). The Bertz CT molecular complexity index is 664. The van der Waals surface area contributed by atoms with Gasteiger partial charge in [-0.3, -0.25) is 14.5 Å². The van der Waals surface area contributed by atoms with Gasteiger partial charge in [-0.15, -0.1) is 0 Å². The first-order valence-electron chi connectivity index (χ1n) is 6.88. The van der Waals surface area contributed by atoms with E-state index in [0.717, 1.165) is 4.90 Å². The van der Waals surface area contributed by atoms with Gasteiger partial charge in [0.2, 0.25) is 11.8 Å². The van der Waals surface area contributed by atoms with Crippen LogP contribution in [0.3, 0.4) is 0 Å². The zero-order valence-corrected chi connectivity index (χ0v) is 11.5. The van der Waals surface area contributed by atoms with Crippen LogP contribution in [0.5, 0.6) is 0 Å². The number of carbonyl (C=O) groups excluding carboxylic acids is 2. The lowest BCUT2D eigenvalue weighted by atomic mass is 9.78. The number of aromatic carboxylic acids is 1. The summed E-state index contributed by atoms with van der Waals surface area (Å²) in [4.78, 5) is 37.2. The molecule has 1 fully saturated rings. The summed E-state index contributed by atoms with van der Waals surface area (Å²) in [5.41, 5.74) is 0.403. The standard InChI is InChI=1S/C16H15NO4/c1-9-4-2-7-12-13(9)15(19)17(14(12)18)11-6-3-5-10(8-11)16(20)21/h2-6,8-9,12-13H,7H2,1H3,(H,20,21). The minimum atomic E-state index is -1.08. The van der Waals surface area contributed by atoms with Gasteiger partial charge in [0, 0.05) is 0 Å². The molecule has 2 aliphatic rings. The van der Waals surface area contributed by atoms with Gasteiger partial charge in [0.15, 0.2) is 0 Å². The van der Waals surface area contributed by atoms with E-state index in [2.05, 4.69) is 0 Å². The van der Waals surface area contributed by atoms with Crippen LogP contribution in [-0.2, 0) is 9.59 Å². The fourth-order valence-corrected chi connectivity index (χ4v) is 3.18. The van der Waals surface area contributed by atoms with Crippen LogP contribution in [0.1, 0.15) is 23.7 Å². The van der Waals surface area contributed by atoms with Crippen LogP contribution in [0, 0.1) is 17.8 Å². The molecular weight excluding hydrogens is 270 g/mol. The number of allylic oxidation sites excluding steroid dienone is 2. The summed E-state index contributed by atoms with van der Waals surface area (Å²) in [7, 11) is 0. The highest BCUT2D eigenvalue weighted by molar-refractivity contribution is 6.22. The van der Waals surface area contributed by atoms with Crippen molar-refractivity contribution in [2.45, 2.75) is 13.3 Å². The molecule has 0 aromatic heterocycles. The number of amides is 2. The van der Waals surface area contributed by atoms with Gasteiger partial charge >= 0.3 is 5.97 Å². The number of carboxylic acid groups (broad SMARTS) is 1. The van der Waals surface area contributed by atoms with Crippen LogP contribution >= 0.6 is 0 Å². The summed E-state index contributed by atoms with van der Waals surface area (Å²) in [5.74, 6) is -2.19. The lowest BCUT2D eigenvalue weighted by Crippen LogP contribution is -2.31. The summed E-state index contributed by atoms with van der Waals surface area (Å²) in [6.07, 6.45) is 4.46. The topological polar surface area (TPSA) is 74.7 Å². The van der Waals surface area contributed by atoms with E-state index in [9.17, 15) is 14.4 Å². The second-order valence-corrected chi connectivity index (χ2v) is 5.52. The van der Waals surface area contributed by atoms with Crippen molar-refractivity contribution in [3.8, 4) is 0 Å². The molecule has 0 bridgehead atoms. The predicted molar refractivity (Wildman–Crippen MR) is 75.8 cm³/mol. The average molecular weight is 285 g/mol. The molecule has 1 heterocycles. The fraction of sp³-hybridized carbons (Fsp3) is 0.312. The number of benzene rings is 1. The predicted octanol–water partition coefficient (Wildman–Crippen LogP) is 2.09. The lowest BCUT2D eigenvalue weighted by Gasteiger charge is -2.22. The first-order valence-corrected chi connectivity index (χ1v) is 6.88. The van der Waals surface area contributed by atoms with Crippen LogP contribution in [0.2, 0.25) is 0 Å². The number of hydrogen-bond acceptors (Lipinski definition) is 3. The first-order chi connectivity index (χ1) is 10.0. The van der Waals surface area contributed by atoms with Gasteiger partial charge < -0.3 is 5.11 Å². The minimum absolute atomic E-state index is 0.0212. The summed E-state index contributed by atoms with van der Waals surface area (Å²) in [6.45, 7) is 1.93. The second kappa shape index (κ2) is 4.84. The SMILES string of the molecule is CC1C=CCC2C(=O)N(c3cccc(C(=O)O)c3)C(=O)C12. The molecule has 2 amide bonds. The molecule has 1 N–H and O–H groups in total. The largest absolute Gasteiger partial charge is 0.478 e. The molecule has 1 aliphatic carbocycles. The first kappa shape index (κ1) is 13.5. The second-order valence-electron chi connectivity index (χ2n) is 5.52. The molecule has 1 aromatic carbocycles. The molecule has 3 atom stereocenters. The Balaban J connectivity index is 2.00. The van der Waals surface area contributed by atoms with Crippen molar-refractivity contribution in [1.82, 2.24) is 0 Å². The third kappa shape index (κ3) is 2.05. The third-order valence-corrected chi connectivity index (χ3v) is 4.22. The van der Waals surface area contributed by atoms with Gasteiger partial charge in [0.1, 0.15) is 0 Å². The normalized spacial score (nSPS) is 27.9. The van der Waals surface area contributed by atoms with Crippen molar-refractivity contribution in [1.29, 1.82) is 0 Å². The molecule has 0 saturated carbocycles. The number of carbonyl (C=O) groups is 3. The quantitative estimate of drug-likeness (QED) is 0.667. The fourth-order valence-electron chi connectivity index (χ4n) is 3.18. The zero-order chi connectivity index (χ0) is 15.1. The number of hydrogen-bond donors (Lipinski definition) is 1. The molecule has 1 saturated heterocycles. The third-order valence-electron chi connectivity index (χ3n) is 4.22. The number of nitrogens with zero attached hydrogens (tertiary/aromatic N) is 1. The van der Waals surface area contributed by atoms with Crippen LogP contribution in [0.25, 0.3) is 0 Å². The molecule has 1 aliphatic heterocycles. The van der Waals surface area contributed by atoms with E-state index < -0.39 is 5.97 Å². The molecular formula is C16H15NO4. The van der Waals surface area contributed by atoms with Crippen molar-refractivity contribution in [2.24, 2.45) is 17.8 Å². The van der Waals surface area contributed by atoms with Crippen molar-refractivity contribution < 1.29 is 19.5 Å². The van der Waals surface area contributed by atoms with E-state index in [1.165, 1.54) is 12.1 Å². The van der Waals surface area contributed by atoms with Gasteiger partial charge in [-0.2, -0.15) is 0 Å². The number of rotatable bonds is 2. The van der Waals surface area contributed by atoms with Crippen LogP contribution in [-0.4, -0.2) is 22.9 Å². The smallest absolute Gasteiger partial charge is 0.335 e. The maximum absolute atomic E-state index is 12.6. The van der Waals surface area contributed by atoms with E-state index in [-0.39, 0.29) is 35.1 Å². The Morgan fingerprint density at radius 3 is 2.71 bits per heavy atom. The van der Waals surface area contributed by atoms with Gasteiger partial charge in [-0.05, 0) is 30.5 Å². The Morgan fingerprint density at radius 1 is 1.29 bits per heavy atom. The average Bonchev–Trinajstić information content (AvgIpc) is 2.72. The Kier molecular flexibility index (Phi) is 3.12. The maximum atomic E-state index is 12.6. The molecule has 0 spiro atoms. The van der Waals surface area contributed by atoms with E-state index >= 15 is 0 Å². The number of carboxylic acids is 1. The molecule has 108 valence electrons. The van der Waals surface area contributed by atoms with Gasteiger partial charge in [-0.1, -0.05) is 25.1 Å². The highest BCUT2D eigenvalue weighted by Crippen LogP contribution is 2.40. The molecule has 0 radical (unpaired) electrons. The van der Waals surface area contributed by atoms with Gasteiger partial charge in [-0.25, -0.2) is 4.79 Å². The van der Waals surface area contributed by atoms with Crippen molar-refractivity contribution in [3.05, 3.63) is 42.0 Å².